The van der Waals surface area contributed by atoms with E-state index in [1.807, 2.05) is 18.6 Å². The van der Waals surface area contributed by atoms with E-state index in [1.54, 1.807) is 0 Å². The molecule has 1 rings (SSSR count). The summed E-state index contributed by atoms with van der Waals surface area (Å²) in [6.07, 6.45) is 0.318. The Morgan fingerprint density at radius 3 is 2.40 bits per heavy atom. The van der Waals surface area contributed by atoms with Crippen LogP contribution in [0.15, 0.2) is 12.1 Å². The molecule has 8 heteroatoms. The molecule has 0 heterocycles. The van der Waals surface area contributed by atoms with E-state index in [9.17, 15) is 21.6 Å². The average Bonchev–Trinajstić information content (AvgIpc) is 2.35. The fourth-order valence-corrected chi connectivity index (χ4v) is 2.60. The first-order valence-corrected chi connectivity index (χ1v) is 7.75. The monoisotopic (exact) mass is 310 g/mol. The first-order chi connectivity index (χ1) is 9.23. The molecule has 0 aliphatic rings. The predicted molar refractivity (Wildman–Crippen MR) is 71.5 cm³/mol. The van der Waals surface area contributed by atoms with Crippen LogP contribution in [0.2, 0.25) is 0 Å². The fraction of sp³-hybridized carbons (Fsp3) is 0.500. The highest BCUT2D eigenvalue weighted by Gasteiger charge is 2.18. The van der Waals surface area contributed by atoms with E-state index in [0.717, 1.165) is 6.07 Å². The fourth-order valence-electron chi connectivity index (χ4n) is 1.48. The van der Waals surface area contributed by atoms with Crippen LogP contribution >= 0.6 is 0 Å². The van der Waals surface area contributed by atoms with Crippen LogP contribution in [0, 0.1) is 17.5 Å². The minimum atomic E-state index is -3.80. The summed E-state index contributed by atoms with van der Waals surface area (Å²) in [6.45, 7) is 4.33. The molecule has 20 heavy (non-hydrogen) atoms. The summed E-state index contributed by atoms with van der Waals surface area (Å²) < 4.78 is 64.3. The first kappa shape index (κ1) is 16.8. The largest absolute Gasteiger partial charge is 0.314 e. The van der Waals surface area contributed by atoms with Crippen LogP contribution in [0.1, 0.15) is 20.3 Å². The van der Waals surface area contributed by atoms with Crippen molar-refractivity contribution >= 4 is 15.7 Å². The number of anilines is 1. The van der Waals surface area contributed by atoms with E-state index in [0.29, 0.717) is 19.0 Å². The Kier molecular flexibility index (Phi) is 5.82. The summed E-state index contributed by atoms with van der Waals surface area (Å²) in [4.78, 5) is 0. The SMILES string of the molecule is CC(C)NCCCS(=O)(=O)Nc1ccc(F)c(F)c1F. The molecule has 1 aromatic carbocycles. The van der Waals surface area contributed by atoms with Gasteiger partial charge in [0.1, 0.15) is 0 Å². The minimum Gasteiger partial charge on any atom is -0.314 e. The predicted octanol–water partition coefficient (Wildman–Crippen LogP) is 2.23. The Balaban J connectivity index is 2.65. The summed E-state index contributed by atoms with van der Waals surface area (Å²) in [5.74, 6) is -4.86. The molecule has 2 N–H and O–H groups in total. The van der Waals surface area contributed by atoms with Crippen molar-refractivity contribution in [3.05, 3.63) is 29.6 Å². The third kappa shape index (κ3) is 5.01. The molecule has 0 amide bonds. The van der Waals surface area contributed by atoms with E-state index in [1.165, 1.54) is 0 Å². The highest BCUT2D eigenvalue weighted by Crippen LogP contribution is 2.20. The van der Waals surface area contributed by atoms with Crippen molar-refractivity contribution < 1.29 is 21.6 Å². The van der Waals surface area contributed by atoms with Crippen molar-refractivity contribution in [1.29, 1.82) is 0 Å². The van der Waals surface area contributed by atoms with Crippen LogP contribution in [0.3, 0.4) is 0 Å². The topological polar surface area (TPSA) is 58.2 Å². The van der Waals surface area contributed by atoms with Gasteiger partial charge in [0.05, 0.1) is 11.4 Å². The average molecular weight is 310 g/mol. The highest BCUT2D eigenvalue weighted by molar-refractivity contribution is 7.92. The molecule has 0 unspecified atom stereocenters. The molecule has 0 fully saturated rings. The van der Waals surface area contributed by atoms with Crippen LogP contribution in [0.4, 0.5) is 18.9 Å². The van der Waals surface area contributed by atoms with Gasteiger partial charge in [0.15, 0.2) is 17.5 Å². The van der Waals surface area contributed by atoms with E-state index in [2.05, 4.69) is 5.32 Å². The first-order valence-electron chi connectivity index (χ1n) is 6.10. The van der Waals surface area contributed by atoms with Gasteiger partial charge < -0.3 is 5.32 Å². The maximum absolute atomic E-state index is 13.3. The van der Waals surface area contributed by atoms with Gasteiger partial charge in [-0.15, -0.1) is 0 Å². The minimum absolute atomic E-state index is 0.231. The second-order valence-electron chi connectivity index (χ2n) is 4.61. The van der Waals surface area contributed by atoms with Crippen LogP contribution < -0.4 is 10.0 Å². The van der Waals surface area contributed by atoms with Crippen molar-refractivity contribution in [2.24, 2.45) is 0 Å². The number of sulfonamides is 1. The molecule has 4 nitrogen and oxygen atoms in total. The van der Waals surface area contributed by atoms with Gasteiger partial charge >= 0.3 is 0 Å². The van der Waals surface area contributed by atoms with Gasteiger partial charge in [-0.3, -0.25) is 4.72 Å². The molecule has 1 aromatic rings. The Morgan fingerprint density at radius 1 is 1.15 bits per heavy atom. The van der Waals surface area contributed by atoms with E-state index in [4.69, 9.17) is 0 Å². The number of nitrogens with one attached hydrogen (secondary N) is 2. The molecule has 0 saturated heterocycles. The molecule has 0 bridgehead atoms. The van der Waals surface area contributed by atoms with Crippen LogP contribution in [-0.2, 0) is 10.0 Å². The second-order valence-corrected chi connectivity index (χ2v) is 6.45. The van der Waals surface area contributed by atoms with Gasteiger partial charge in [0, 0.05) is 6.04 Å². The van der Waals surface area contributed by atoms with Crippen molar-refractivity contribution in [2.75, 3.05) is 17.0 Å². The highest BCUT2D eigenvalue weighted by atomic mass is 32.2. The maximum atomic E-state index is 13.3. The Bertz CT molecular complexity index is 562. The summed E-state index contributed by atoms with van der Waals surface area (Å²) in [5, 5.41) is 3.03. The smallest absolute Gasteiger partial charge is 0.232 e. The summed E-state index contributed by atoms with van der Waals surface area (Å²) in [7, 11) is -3.80. The zero-order chi connectivity index (χ0) is 15.3. The lowest BCUT2D eigenvalue weighted by Gasteiger charge is -2.11. The van der Waals surface area contributed by atoms with Crippen molar-refractivity contribution in [1.82, 2.24) is 5.32 Å². The summed E-state index contributed by atoms with van der Waals surface area (Å²) >= 11 is 0. The lowest BCUT2D eigenvalue weighted by molar-refractivity contribution is 0.449. The Morgan fingerprint density at radius 2 is 1.80 bits per heavy atom. The van der Waals surface area contributed by atoms with E-state index < -0.39 is 33.2 Å². The number of hydrogen-bond donors (Lipinski definition) is 2. The molecule has 0 spiro atoms. The van der Waals surface area contributed by atoms with Gasteiger partial charge in [0.25, 0.3) is 0 Å². The van der Waals surface area contributed by atoms with Gasteiger partial charge in [-0.2, -0.15) is 0 Å². The molecule has 0 aliphatic carbocycles. The molecule has 0 atom stereocenters. The third-order valence-corrected chi connectivity index (χ3v) is 3.80. The molecule has 0 saturated carbocycles. The lowest BCUT2D eigenvalue weighted by Crippen LogP contribution is -2.26. The lowest BCUT2D eigenvalue weighted by atomic mass is 10.3. The number of halogens is 3. The van der Waals surface area contributed by atoms with Crippen molar-refractivity contribution in [3.8, 4) is 0 Å². The Labute approximate surface area is 116 Å². The summed E-state index contributed by atoms with van der Waals surface area (Å²) in [6, 6.07) is 1.74. The quantitative estimate of drug-likeness (QED) is 0.600. The van der Waals surface area contributed by atoms with Gasteiger partial charge in [-0.1, -0.05) is 13.8 Å². The van der Waals surface area contributed by atoms with Crippen LogP contribution in [0.25, 0.3) is 0 Å². The van der Waals surface area contributed by atoms with Crippen LogP contribution in [-0.4, -0.2) is 26.8 Å². The van der Waals surface area contributed by atoms with E-state index >= 15 is 0 Å². The molecular formula is C12H17F3N2O2S. The molecule has 114 valence electrons. The number of benzene rings is 1. The van der Waals surface area contributed by atoms with Gasteiger partial charge in [-0.05, 0) is 25.1 Å². The zero-order valence-corrected chi connectivity index (χ0v) is 12.0. The number of rotatable bonds is 7. The van der Waals surface area contributed by atoms with E-state index in [-0.39, 0.29) is 11.8 Å². The van der Waals surface area contributed by atoms with Gasteiger partial charge in [0.2, 0.25) is 10.0 Å². The molecule has 0 aliphatic heterocycles. The number of hydrogen-bond acceptors (Lipinski definition) is 3. The Hall–Kier alpha value is -1.28. The zero-order valence-electron chi connectivity index (χ0n) is 11.2. The standard InChI is InChI=1S/C12H17F3N2O2S/c1-8(2)16-6-3-7-20(18,19)17-10-5-4-9(13)11(14)12(10)15/h4-5,8,16-17H,3,6-7H2,1-2H3. The maximum Gasteiger partial charge on any atom is 0.232 e. The van der Waals surface area contributed by atoms with Crippen LogP contribution in [0.5, 0.6) is 0 Å². The third-order valence-electron chi connectivity index (χ3n) is 2.44. The molecular weight excluding hydrogens is 293 g/mol. The van der Waals surface area contributed by atoms with Gasteiger partial charge in [-0.25, -0.2) is 21.6 Å². The normalized spacial score (nSPS) is 11.9. The summed E-state index contributed by atoms with van der Waals surface area (Å²) in [5.41, 5.74) is -0.597. The van der Waals surface area contributed by atoms with Crippen molar-refractivity contribution in [2.45, 2.75) is 26.3 Å². The van der Waals surface area contributed by atoms with Crippen molar-refractivity contribution in [3.63, 3.8) is 0 Å². The molecule has 0 radical (unpaired) electrons. The molecule has 0 aromatic heterocycles. The second kappa shape index (κ2) is 6.94.